The van der Waals surface area contributed by atoms with Crippen LogP contribution in [0.15, 0.2) is 83.8 Å². The van der Waals surface area contributed by atoms with E-state index in [4.69, 9.17) is 9.88 Å². The average molecular weight is 410 g/mol. The second-order valence-electron chi connectivity index (χ2n) is 6.11. The standard InChI is InChI=1S/C21H18N2O5S/c22-29(26,27)17-10-6-9-16(13-17)23-20(24)14-28-21(25)19-12-5-4-11-18(19)15-7-2-1-3-8-15/h1-13H,14H2,(H,23,24)(H2,22,26,27). The molecule has 7 nitrogen and oxygen atoms in total. The highest BCUT2D eigenvalue weighted by molar-refractivity contribution is 7.89. The molecule has 0 heterocycles. The second-order valence-corrected chi connectivity index (χ2v) is 7.67. The number of primary sulfonamides is 1. The summed E-state index contributed by atoms with van der Waals surface area (Å²) in [6.07, 6.45) is 0. The molecule has 148 valence electrons. The summed E-state index contributed by atoms with van der Waals surface area (Å²) in [4.78, 5) is 24.4. The van der Waals surface area contributed by atoms with E-state index >= 15 is 0 Å². The van der Waals surface area contributed by atoms with E-state index in [2.05, 4.69) is 5.32 Å². The molecule has 0 saturated heterocycles. The number of nitrogens with two attached hydrogens (primary N) is 1. The summed E-state index contributed by atoms with van der Waals surface area (Å²) in [7, 11) is -3.89. The Morgan fingerprint density at radius 1 is 0.897 bits per heavy atom. The maximum Gasteiger partial charge on any atom is 0.339 e. The number of nitrogens with one attached hydrogen (secondary N) is 1. The lowest BCUT2D eigenvalue weighted by Crippen LogP contribution is -2.21. The molecule has 0 radical (unpaired) electrons. The van der Waals surface area contributed by atoms with E-state index in [-0.39, 0.29) is 10.6 Å². The number of amides is 1. The molecule has 0 fully saturated rings. The van der Waals surface area contributed by atoms with Gasteiger partial charge in [-0.05, 0) is 35.4 Å². The van der Waals surface area contributed by atoms with Crippen molar-refractivity contribution in [2.45, 2.75) is 4.90 Å². The van der Waals surface area contributed by atoms with Crippen molar-refractivity contribution in [3.8, 4) is 11.1 Å². The van der Waals surface area contributed by atoms with Crippen LogP contribution in [0, 0.1) is 0 Å². The smallest absolute Gasteiger partial charge is 0.339 e. The molecule has 0 aliphatic heterocycles. The van der Waals surface area contributed by atoms with Gasteiger partial charge < -0.3 is 10.1 Å². The van der Waals surface area contributed by atoms with Gasteiger partial charge in [-0.15, -0.1) is 0 Å². The molecule has 29 heavy (non-hydrogen) atoms. The van der Waals surface area contributed by atoms with E-state index in [9.17, 15) is 18.0 Å². The number of anilines is 1. The molecule has 3 N–H and O–H groups in total. The minimum absolute atomic E-state index is 0.135. The van der Waals surface area contributed by atoms with Gasteiger partial charge >= 0.3 is 5.97 Å². The second kappa shape index (κ2) is 8.68. The fourth-order valence-electron chi connectivity index (χ4n) is 2.69. The number of ether oxygens (including phenoxy) is 1. The van der Waals surface area contributed by atoms with Gasteiger partial charge in [-0.25, -0.2) is 18.4 Å². The van der Waals surface area contributed by atoms with E-state index in [1.807, 2.05) is 36.4 Å². The number of sulfonamides is 1. The van der Waals surface area contributed by atoms with Gasteiger partial charge in [0.05, 0.1) is 10.5 Å². The summed E-state index contributed by atoms with van der Waals surface area (Å²) in [6.45, 7) is -0.526. The van der Waals surface area contributed by atoms with Crippen LogP contribution in [0.4, 0.5) is 5.69 Å². The Morgan fingerprint density at radius 3 is 2.31 bits per heavy atom. The third kappa shape index (κ3) is 5.28. The summed E-state index contributed by atoms with van der Waals surface area (Å²) in [6, 6.07) is 21.8. The van der Waals surface area contributed by atoms with Gasteiger partial charge in [0.25, 0.3) is 5.91 Å². The van der Waals surface area contributed by atoms with Crippen LogP contribution >= 0.6 is 0 Å². The Morgan fingerprint density at radius 2 is 1.59 bits per heavy atom. The quantitative estimate of drug-likeness (QED) is 0.606. The largest absolute Gasteiger partial charge is 0.452 e. The van der Waals surface area contributed by atoms with Gasteiger partial charge in [0.1, 0.15) is 0 Å². The number of carbonyl (C=O) groups excluding carboxylic acids is 2. The molecule has 0 atom stereocenters. The van der Waals surface area contributed by atoms with Crippen LogP contribution in [0.1, 0.15) is 10.4 Å². The van der Waals surface area contributed by atoms with Crippen LogP contribution in [0.2, 0.25) is 0 Å². The Bertz CT molecular complexity index is 1140. The SMILES string of the molecule is NS(=O)(=O)c1cccc(NC(=O)COC(=O)c2ccccc2-c2ccccc2)c1. The lowest BCUT2D eigenvalue weighted by molar-refractivity contribution is -0.119. The Balaban J connectivity index is 1.67. The van der Waals surface area contributed by atoms with Crippen molar-refractivity contribution in [1.29, 1.82) is 0 Å². The van der Waals surface area contributed by atoms with E-state index in [0.717, 1.165) is 5.56 Å². The first-order chi connectivity index (χ1) is 13.8. The monoisotopic (exact) mass is 410 g/mol. The third-order valence-electron chi connectivity index (χ3n) is 4.01. The predicted molar refractivity (Wildman–Crippen MR) is 109 cm³/mol. The minimum atomic E-state index is -3.89. The molecule has 0 saturated carbocycles. The summed E-state index contributed by atoms with van der Waals surface area (Å²) in [5.41, 5.74) is 2.11. The summed E-state index contributed by atoms with van der Waals surface area (Å²) in [5, 5.41) is 7.54. The zero-order chi connectivity index (χ0) is 20.9. The molecule has 0 aliphatic carbocycles. The first kappa shape index (κ1) is 20.2. The van der Waals surface area contributed by atoms with Crippen molar-refractivity contribution in [2.24, 2.45) is 5.14 Å². The first-order valence-corrected chi connectivity index (χ1v) is 10.1. The van der Waals surface area contributed by atoms with Crippen molar-refractivity contribution in [1.82, 2.24) is 0 Å². The van der Waals surface area contributed by atoms with Gasteiger partial charge in [-0.3, -0.25) is 4.79 Å². The molecule has 0 aromatic heterocycles. The van der Waals surface area contributed by atoms with Gasteiger partial charge in [-0.1, -0.05) is 54.6 Å². The maximum atomic E-state index is 12.5. The number of carbonyl (C=O) groups is 2. The highest BCUT2D eigenvalue weighted by atomic mass is 32.2. The van der Waals surface area contributed by atoms with Crippen molar-refractivity contribution in [2.75, 3.05) is 11.9 Å². The molecule has 3 aromatic carbocycles. The molecule has 8 heteroatoms. The van der Waals surface area contributed by atoms with E-state index < -0.39 is 28.5 Å². The molecular weight excluding hydrogens is 392 g/mol. The van der Waals surface area contributed by atoms with Gasteiger partial charge in [0.2, 0.25) is 10.0 Å². The molecule has 0 bridgehead atoms. The van der Waals surface area contributed by atoms with Crippen molar-refractivity contribution < 1.29 is 22.7 Å². The fraction of sp³-hybridized carbons (Fsp3) is 0.0476. The van der Waals surface area contributed by atoms with E-state index in [1.54, 1.807) is 18.2 Å². The van der Waals surface area contributed by atoms with E-state index in [1.165, 1.54) is 24.3 Å². The van der Waals surface area contributed by atoms with E-state index in [0.29, 0.717) is 11.1 Å². The highest BCUT2D eigenvalue weighted by Gasteiger charge is 2.16. The van der Waals surface area contributed by atoms with Crippen LogP contribution < -0.4 is 10.5 Å². The van der Waals surface area contributed by atoms with Crippen LogP contribution in [0.3, 0.4) is 0 Å². The number of hydrogen-bond donors (Lipinski definition) is 2. The number of benzene rings is 3. The molecule has 0 aliphatic rings. The van der Waals surface area contributed by atoms with Crippen LogP contribution in [0.25, 0.3) is 11.1 Å². The van der Waals surface area contributed by atoms with Gasteiger partial charge in [0.15, 0.2) is 6.61 Å². The first-order valence-electron chi connectivity index (χ1n) is 8.59. The third-order valence-corrected chi connectivity index (χ3v) is 4.92. The molecule has 1 amide bonds. The molecule has 0 unspecified atom stereocenters. The minimum Gasteiger partial charge on any atom is -0.452 e. The number of hydrogen-bond acceptors (Lipinski definition) is 5. The Labute approximate surface area is 168 Å². The van der Waals surface area contributed by atoms with Crippen LogP contribution in [-0.4, -0.2) is 26.9 Å². The van der Waals surface area contributed by atoms with Gasteiger partial charge in [0, 0.05) is 5.69 Å². The number of esters is 1. The Kier molecular flexibility index (Phi) is 6.06. The zero-order valence-corrected chi connectivity index (χ0v) is 16.1. The topological polar surface area (TPSA) is 116 Å². The molecule has 0 spiro atoms. The Hall–Kier alpha value is -3.49. The van der Waals surface area contributed by atoms with Crippen molar-refractivity contribution in [3.63, 3.8) is 0 Å². The van der Waals surface area contributed by atoms with Crippen LogP contribution in [-0.2, 0) is 19.6 Å². The summed E-state index contributed by atoms with van der Waals surface area (Å²) >= 11 is 0. The normalized spacial score (nSPS) is 10.9. The highest BCUT2D eigenvalue weighted by Crippen LogP contribution is 2.24. The van der Waals surface area contributed by atoms with Crippen molar-refractivity contribution >= 4 is 27.6 Å². The summed E-state index contributed by atoms with van der Waals surface area (Å²) < 4.78 is 27.9. The molecule has 3 aromatic rings. The average Bonchev–Trinajstić information content (AvgIpc) is 2.72. The van der Waals surface area contributed by atoms with Gasteiger partial charge in [-0.2, -0.15) is 0 Å². The summed E-state index contributed by atoms with van der Waals surface area (Å²) in [5.74, 6) is -1.25. The van der Waals surface area contributed by atoms with Crippen molar-refractivity contribution in [3.05, 3.63) is 84.4 Å². The van der Waals surface area contributed by atoms with Crippen LogP contribution in [0.5, 0.6) is 0 Å². The lowest BCUT2D eigenvalue weighted by Gasteiger charge is -2.10. The number of rotatable bonds is 6. The predicted octanol–water partition coefficient (Wildman–Crippen LogP) is 2.80. The maximum absolute atomic E-state index is 12.5. The fourth-order valence-corrected chi connectivity index (χ4v) is 3.25. The molecular formula is C21H18N2O5S. The lowest BCUT2D eigenvalue weighted by atomic mass is 10.00. The molecule has 3 rings (SSSR count). The zero-order valence-electron chi connectivity index (χ0n) is 15.2.